The van der Waals surface area contributed by atoms with Gasteiger partial charge in [-0.15, -0.1) is 0 Å². The highest BCUT2D eigenvalue weighted by molar-refractivity contribution is 5.36. The maximum atomic E-state index is 8.64. The zero-order valence-electron chi connectivity index (χ0n) is 6.71. The predicted octanol–water partition coefficient (Wildman–Crippen LogP) is 1.09. The van der Waals surface area contributed by atoms with Crippen LogP contribution in [0.3, 0.4) is 0 Å². The van der Waals surface area contributed by atoms with Crippen LogP contribution in [-0.4, -0.2) is 24.9 Å². The van der Waals surface area contributed by atoms with E-state index in [9.17, 15) is 0 Å². The number of ether oxygens (including phenoxy) is 1. The Morgan fingerprint density at radius 1 is 1.55 bits per heavy atom. The third kappa shape index (κ3) is 2.17. The van der Waals surface area contributed by atoms with E-state index in [0.717, 1.165) is 5.57 Å². The van der Waals surface area contributed by atoms with E-state index in [0.29, 0.717) is 13.2 Å². The molecule has 0 aromatic heterocycles. The predicted molar refractivity (Wildman–Crippen MR) is 44.0 cm³/mol. The molecule has 1 fully saturated rings. The quantitative estimate of drug-likeness (QED) is 0.643. The molecule has 0 bridgehead atoms. The van der Waals surface area contributed by atoms with E-state index in [1.54, 1.807) is 6.08 Å². The highest BCUT2D eigenvalue weighted by atomic mass is 16.5. The Morgan fingerprint density at radius 2 is 2.36 bits per heavy atom. The van der Waals surface area contributed by atoms with Crippen molar-refractivity contribution in [3.63, 3.8) is 0 Å². The lowest BCUT2D eigenvalue weighted by Crippen LogP contribution is -1.95. The van der Waals surface area contributed by atoms with Crippen LogP contribution in [0.1, 0.15) is 6.92 Å². The minimum atomic E-state index is 0.0970. The summed E-state index contributed by atoms with van der Waals surface area (Å²) in [5.41, 5.74) is 1.12. The van der Waals surface area contributed by atoms with Gasteiger partial charge in [0.25, 0.3) is 0 Å². The fraction of sp³-hybridized carbons (Fsp3) is 0.444. The maximum absolute atomic E-state index is 8.64. The molecule has 2 heteroatoms. The maximum Gasteiger partial charge on any atom is 0.0688 e. The van der Waals surface area contributed by atoms with Crippen LogP contribution >= 0.6 is 0 Å². The largest absolute Gasteiger partial charge is 0.392 e. The molecule has 0 atom stereocenters. The average Bonchev–Trinajstić information content (AvgIpc) is 2.39. The first kappa shape index (κ1) is 8.50. The van der Waals surface area contributed by atoms with Gasteiger partial charge in [0.2, 0.25) is 0 Å². The van der Waals surface area contributed by atoms with Crippen LogP contribution in [0.5, 0.6) is 0 Å². The van der Waals surface area contributed by atoms with E-state index in [4.69, 9.17) is 9.84 Å². The second-order valence-corrected chi connectivity index (χ2v) is 2.43. The first-order valence-corrected chi connectivity index (χ1v) is 3.75. The van der Waals surface area contributed by atoms with Gasteiger partial charge in [-0.3, -0.25) is 0 Å². The fourth-order valence-electron chi connectivity index (χ4n) is 1.11. The van der Waals surface area contributed by atoms with Gasteiger partial charge >= 0.3 is 0 Å². The Labute approximate surface area is 67.2 Å². The van der Waals surface area contributed by atoms with Gasteiger partial charge in [0, 0.05) is 5.92 Å². The SMILES string of the molecule is C/C=C/[C]1COC/C1=C\CO. The minimum absolute atomic E-state index is 0.0970. The van der Waals surface area contributed by atoms with E-state index in [1.165, 1.54) is 5.92 Å². The number of hydrogen-bond acceptors (Lipinski definition) is 2. The second-order valence-electron chi connectivity index (χ2n) is 2.43. The Hall–Kier alpha value is -0.600. The summed E-state index contributed by atoms with van der Waals surface area (Å²) in [5, 5.41) is 8.64. The lowest BCUT2D eigenvalue weighted by atomic mass is 10.0. The molecule has 1 heterocycles. The van der Waals surface area contributed by atoms with Crippen LogP contribution < -0.4 is 0 Å². The van der Waals surface area contributed by atoms with E-state index in [2.05, 4.69) is 0 Å². The lowest BCUT2D eigenvalue weighted by molar-refractivity contribution is 0.210. The summed E-state index contributed by atoms with van der Waals surface area (Å²) >= 11 is 0. The molecule has 61 valence electrons. The zero-order valence-corrected chi connectivity index (χ0v) is 6.71. The molecule has 0 amide bonds. The van der Waals surface area contributed by atoms with Crippen LogP contribution in [0.2, 0.25) is 0 Å². The summed E-state index contributed by atoms with van der Waals surface area (Å²) in [5.74, 6) is 1.18. The van der Waals surface area contributed by atoms with Crippen molar-refractivity contribution in [3.8, 4) is 0 Å². The van der Waals surface area contributed by atoms with Gasteiger partial charge in [0.1, 0.15) is 0 Å². The van der Waals surface area contributed by atoms with Gasteiger partial charge in [0.05, 0.1) is 19.8 Å². The molecule has 1 radical (unpaired) electrons. The van der Waals surface area contributed by atoms with Crippen molar-refractivity contribution in [1.82, 2.24) is 0 Å². The zero-order chi connectivity index (χ0) is 8.10. The minimum Gasteiger partial charge on any atom is -0.392 e. The number of allylic oxidation sites excluding steroid dienone is 1. The van der Waals surface area contributed by atoms with Gasteiger partial charge in [-0.1, -0.05) is 18.2 Å². The molecule has 1 aliphatic heterocycles. The molecule has 0 aliphatic carbocycles. The monoisotopic (exact) mass is 153 g/mol. The highest BCUT2D eigenvalue weighted by Gasteiger charge is 2.18. The highest BCUT2D eigenvalue weighted by Crippen LogP contribution is 2.22. The molecule has 0 unspecified atom stereocenters. The number of aliphatic hydroxyl groups is 1. The van der Waals surface area contributed by atoms with Crippen LogP contribution in [-0.2, 0) is 4.74 Å². The van der Waals surface area contributed by atoms with Crippen LogP contribution in [0.4, 0.5) is 0 Å². The molecule has 1 N–H and O–H groups in total. The van der Waals surface area contributed by atoms with Crippen molar-refractivity contribution in [2.45, 2.75) is 6.92 Å². The average molecular weight is 153 g/mol. The van der Waals surface area contributed by atoms with Gasteiger partial charge in [-0.2, -0.15) is 0 Å². The van der Waals surface area contributed by atoms with Crippen molar-refractivity contribution in [2.24, 2.45) is 0 Å². The van der Waals surface area contributed by atoms with Gasteiger partial charge < -0.3 is 9.84 Å². The molecular formula is C9H13O2. The smallest absolute Gasteiger partial charge is 0.0688 e. The summed E-state index contributed by atoms with van der Waals surface area (Å²) in [6.07, 6.45) is 5.80. The van der Waals surface area contributed by atoms with Gasteiger partial charge in [0.15, 0.2) is 0 Å². The second kappa shape index (κ2) is 4.31. The van der Waals surface area contributed by atoms with Crippen molar-refractivity contribution < 1.29 is 9.84 Å². The normalized spacial score (nSPS) is 24.0. The Balaban J connectivity index is 2.57. The van der Waals surface area contributed by atoms with Gasteiger partial charge in [-0.05, 0) is 12.5 Å². The van der Waals surface area contributed by atoms with Crippen LogP contribution in [0, 0.1) is 5.92 Å². The summed E-state index contributed by atoms with van der Waals surface area (Å²) < 4.78 is 5.21. The lowest BCUT2D eigenvalue weighted by Gasteiger charge is -2.00. The van der Waals surface area contributed by atoms with E-state index in [-0.39, 0.29) is 6.61 Å². The summed E-state index contributed by atoms with van der Waals surface area (Å²) in [7, 11) is 0. The Bertz CT molecular complexity index is 170. The molecule has 1 rings (SSSR count). The fourth-order valence-corrected chi connectivity index (χ4v) is 1.11. The van der Waals surface area contributed by atoms with Crippen molar-refractivity contribution in [1.29, 1.82) is 0 Å². The topological polar surface area (TPSA) is 29.5 Å². The number of rotatable bonds is 2. The van der Waals surface area contributed by atoms with Crippen molar-refractivity contribution in [2.75, 3.05) is 19.8 Å². The summed E-state index contributed by atoms with van der Waals surface area (Å²) in [6.45, 7) is 3.39. The van der Waals surface area contributed by atoms with E-state index < -0.39 is 0 Å². The first-order valence-electron chi connectivity index (χ1n) is 3.75. The van der Waals surface area contributed by atoms with Crippen molar-refractivity contribution >= 4 is 0 Å². The Morgan fingerprint density at radius 3 is 3.00 bits per heavy atom. The Kier molecular flexibility index (Phi) is 3.33. The number of hydrogen-bond donors (Lipinski definition) is 1. The number of aliphatic hydroxyl groups excluding tert-OH is 1. The van der Waals surface area contributed by atoms with Crippen LogP contribution in [0.15, 0.2) is 23.8 Å². The molecule has 11 heavy (non-hydrogen) atoms. The third-order valence-electron chi connectivity index (χ3n) is 1.63. The molecule has 0 aromatic rings. The molecule has 1 saturated heterocycles. The standard InChI is InChI=1S/C9H13O2/c1-2-3-8-6-11-7-9(8)4-5-10/h2-4,10H,5-7H2,1H3/b3-2+,9-4+. The molecular weight excluding hydrogens is 140 g/mol. The third-order valence-corrected chi connectivity index (χ3v) is 1.63. The molecule has 0 saturated carbocycles. The molecule has 2 nitrogen and oxygen atoms in total. The van der Waals surface area contributed by atoms with Crippen LogP contribution in [0.25, 0.3) is 0 Å². The van der Waals surface area contributed by atoms with E-state index >= 15 is 0 Å². The molecule has 0 aromatic carbocycles. The first-order chi connectivity index (χ1) is 5.38. The van der Waals surface area contributed by atoms with Crippen molar-refractivity contribution in [3.05, 3.63) is 29.7 Å². The van der Waals surface area contributed by atoms with Gasteiger partial charge in [-0.25, -0.2) is 0 Å². The summed E-state index contributed by atoms with van der Waals surface area (Å²) in [4.78, 5) is 0. The molecule has 1 aliphatic rings. The molecule has 0 spiro atoms. The van der Waals surface area contributed by atoms with E-state index in [1.807, 2.05) is 19.1 Å². The summed E-state index contributed by atoms with van der Waals surface area (Å²) in [6, 6.07) is 0.